The van der Waals surface area contributed by atoms with Crippen molar-refractivity contribution in [3.05, 3.63) is 81.0 Å². The lowest BCUT2D eigenvalue weighted by molar-refractivity contribution is -0.137. The van der Waals surface area contributed by atoms with Crippen LogP contribution in [0.5, 0.6) is 0 Å². The van der Waals surface area contributed by atoms with Crippen LogP contribution in [0.4, 0.5) is 24.5 Å². The molecule has 0 saturated heterocycles. The number of fused-ring (bicyclic) bond motifs is 1. The number of amides is 1. The van der Waals surface area contributed by atoms with E-state index in [1.807, 2.05) is 6.07 Å². The van der Waals surface area contributed by atoms with Crippen molar-refractivity contribution in [3.8, 4) is 0 Å². The zero-order chi connectivity index (χ0) is 19.9. The third-order valence-corrected chi connectivity index (χ3v) is 5.47. The van der Waals surface area contributed by atoms with Gasteiger partial charge in [0.25, 0.3) is 5.91 Å². The van der Waals surface area contributed by atoms with Gasteiger partial charge in [-0.1, -0.05) is 35.9 Å². The SMILES string of the molecule is O=C1/C(=N\c2cccc(C(F)(F)F)c2)c2ccccc2N1Cc1ccc(Cl)s1. The van der Waals surface area contributed by atoms with Gasteiger partial charge in [-0.15, -0.1) is 11.3 Å². The minimum absolute atomic E-state index is 0.0778. The monoisotopic (exact) mass is 420 g/mol. The van der Waals surface area contributed by atoms with Crippen LogP contribution in [0.3, 0.4) is 0 Å². The summed E-state index contributed by atoms with van der Waals surface area (Å²) in [6.07, 6.45) is -4.47. The van der Waals surface area contributed by atoms with Gasteiger partial charge in [0.05, 0.1) is 27.8 Å². The van der Waals surface area contributed by atoms with Crippen LogP contribution in [-0.2, 0) is 17.5 Å². The summed E-state index contributed by atoms with van der Waals surface area (Å²) in [6.45, 7) is 0.314. The van der Waals surface area contributed by atoms with Crippen molar-refractivity contribution in [2.24, 2.45) is 4.99 Å². The van der Waals surface area contributed by atoms with E-state index in [9.17, 15) is 18.0 Å². The fourth-order valence-corrected chi connectivity index (χ4v) is 4.08. The molecule has 2 aromatic carbocycles. The lowest BCUT2D eigenvalue weighted by Gasteiger charge is -2.15. The third-order valence-electron chi connectivity index (χ3n) is 4.25. The molecule has 0 bridgehead atoms. The molecule has 0 saturated carbocycles. The van der Waals surface area contributed by atoms with Crippen molar-refractivity contribution in [1.82, 2.24) is 0 Å². The first-order valence-corrected chi connectivity index (χ1v) is 9.44. The number of carbonyl (C=O) groups is 1. The third kappa shape index (κ3) is 3.55. The summed E-state index contributed by atoms with van der Waals surface area (Å²) >= 11 is 7.34. The Morgan fingerprint density at radius 3 is 2.54 bits per heavy atom. The van der Waals surface area contributed by atoms with Gasteiger partial charge >= 0.3 is 6.18 Å². The molecule has 28 heavy (non-hydrogen) atoms. The van der Waals surface area contributed by atoms with Crippen LogP contribution < -0.4 is 4.90 Å². The maximum atomic E-state index is 13.0. The van der Waals surface area contributed by atoms with E-state index in [2.05, 4.69) is 4.99 Å². The number of nitrogens with zero attached hydrogens (tertiary/aromatic N) is 2. The molecule has 0 spiro atoms. The van der Waals surface area contributed by atoms with E-state index in [1.165, 1.54) is 23.5 Å². The molecular formula is C20H12ClF3N2OS. The van der Waals surface area contributed by atoms with Crippen LogP contribution >= 0.6 is 22.9 Å². The zero-order valence-electron chi connectivity index (χ0n) is 14.2. The van der Waals surface area contributed by atoms with Gasteiger partial charge in [-0.05, 0) is 36.4 Å². The quantitative estimate of drug-likeness (QED) is 0.504. The van der Waals surface area contributed by atoms with E-state index in [1.54, 1.807) is 35.2 Å². The Kier molecular flexibility index (Phi) is 4.72. The van der Waals surface area contributed by atoms with Crippen LogP contribution in [0, 0.1) is 0 Å². The predicted octanol–water partition coefficient (Wildman–Crippen LogP) is 6.09. The molecule has 0 radical (unpaired) electrons. The Morgan fingerprint density at radius 1 is 1.04 bits per heavy atom. The second-order valence-electron chi connectivity index (χ2n) is 6.12. The maximum absolute atomic E-state index is 13.0. The highest BCUT2D eigenvalue weighted by molar-refractivity contribution is 7.16. The van der Waals surface area contributed by atoms with Crippen molar-refractivity contribution < 1.29 is 18.0 Å². The number of aliphatic imine (C=N–C) groups is 1. The minimum Gasteiger partial charge on any atom is -0.301 e. The van der Waals surface area contributed by atoms with E-state index in [0.717, 1.165) is 17.0 Å². The average Bonchev–Trinajstić information content (AvgIpc) is 3.18. The van der Waals surface area contributed by atoms with Crippen LogP contribution in [0.2, 0.25) is 4.34 Å². The largest absolute Gasteiger partial charge is 0.416 e. The molecule has 3 nitrogen and oxygen atoms in total. The van der Waals surface area contributed by atoms with Crippen molar-refractivity contribution in [3.63, 3.8) is 0 Å². The zero-order valence-corrected chi connectivity index (χ0v) is 15.8. The number of halogens is 4. The first-order valence-electron chi connectivity index (χ1n) is 8.24. The molecule has 0 unspecified atom stereocenters. The lowest BCUT2D eigenvalue weighted by Crippen LogP contribution is -2.29. The summed E-state index contributed by atoms with van der Waals surface area (Å²) in [5.74, 6) is -0.358. The fourth-order valence-electron chi connectivity index (χ4n) is 3.00. The van der Waals surface area contributed by atoms with Crippen LogP contribution in [0.25, 0.3) is 0 Å². The highest BCUT2D eigenvalue weighted by atomic mass is 35.5. The Hall–Kier alpha value is -2.64. The molecule has 1 aliphatic rings. The van der Waals surface area contributed by atoms with E-state index in [-0.39, 0.29) is 17.3 Å². The molecule has 142 valence electrons. The lowest BCUT2D eigenvalue weighted by atomic mass is 10.1. The Labute approximate surface area is 167 Å². The summed E-state index contributed by atoms with van der Waals surface area (Å²) in [4.78, 5) is 19.7. The van der Waals surface area contributed by atoms with Gasteiger partial charge in [0.2, 0.25) is 0 Å². The smallest absolute Gasteiger partial charge is 0.301 e. The van der Waals surface area contributed by atoms with Gasteiger partial charge in [-0.3, -0.25) is 4.79 Å². The molecule has 8 heteroatoms. The summed E-state index contributed by atoms with van der Waals surface area (Å²) in [5, 5.41) is 0. The van der Waals surface area contributed by atoms with Gasteiger partial charge in [-0.2, -0.15) is 13.2 Å². The summed E-state index contributed by atoms with van der Waals surface area (Å²) in [7, 11) is 0. The molecule has 0 N–H and O–H groups in total. The number of alkyl halides is 3. The van der Waals surface area contributed by atoms with Gasteiger partial charge in [0.15, 0.2) is 0 Å². The van der Waals surface area contributed by atoms with Crippen molar-refractivity contribution in [2.45, 2.75) is 12.7 Å². The molecule has 3 aromatic rings. The standard InChI is InChI=1S/C20H12ClF3N2OS/c21-17-9-8-14(28-17)11-26-16-7-2-1-6-15(16)18(19(26)27)25-13-5-3-4-12(10-13)20(22,23)24/h1-10H,11H2/b25-18-. The number of thiophene rings is 1. The number of carbonyl (C=O) groups excluding carboxylic acids is 1. The topological polar surface area (TPSA) is 32.7 Å². The van der Waals surface area contributed by atoms with E-state index in [0.29, 0.717) is 22.1 Å². The first-order chi connectivity index (χ1) is 13.3. The van der Waals surface area contributed by atoms with E-state index in [4.69, 9.17) is 11.6 Å². The molecule has 1 aromatic heterocycles. The number of benzene rings is 2. The second kappa shape index (κ2) is 7.07. The number of rotatable bonds is 3. The number of anilines is 1. The average molecular weight is 421 g/mol. The fraction of sp³-hybridized carbons (Fsp3) is 0.100. The van der Waals surface area contributed by atoms with Gasteiger partial charge in [-0.25, -0.2) is 4.99 Å². The predicted molar refractivity (Wildman–Crippen MR) is 105 cm³/mol. The Bertz CT molecular complexity index is 1090. The highest BCUT2D eigenvalue weighted by Crippen LogP contribution is 2.35. The van der Waals surface area contributed by atoms with Crippen LogP contribution in [-0.4, -0.2) is 11.6 Å². The van der Waals surface area contributed by atoms with Crippen LogP contribution in [0.15, 0.2) is 65.7 Å². The molecule has 2 heterocycles. The summed E-state index contributed by atoms with van der Waals surface area (Å²) in [6, 6.07) is 15.3. The van der Waals surface area contributed by atoms with E-state index < -0.39 is 11.7 Å². The van der Waals surface area contributed by atoms with Gasteiger partial charge in [0, 0.05) is 10.4 Å². The Balaban J connectivity index is 1.74. The van der Waals surface area contributed by atoms with Crippen LogP contribution in [0.1, 0.15) is 16.0 Å². The first kappa shape index (κ1) is 18.7. The molecule has 4 rings (SSSR count). The molecule has 0 atom stereocenters. The Morgan fingerprint density at radius 2 is 1.82 bits per heavy atom. The number of para-hydroxylation sites is 1. The molecular weight excluding hydrogens is 409 g/mol. The molecule has 1 amide bonds. The summed E-state index contributed by atoms with van der Waals surface area (Å²) < 4.78 is 39.5. The van der Waals surface area contributed by atoms with Crippen molar-refractivity contribution >= 4 is 45.9 Å². The summed E-state index contributed by atoms with van der Waals surface area (Å²) in [5.41, 5.74) is 0.653. The van der Waals surface area contributed by atoms with Crippen molar-refractivity contribution in [2.75, 3.05) is 4.90 Å². The minimum atomic E-state index is -4.47. The molecule has 1 aliphatic heterocycles. The van der Waals surface area contributed by atoms with Gasteiger partial charge < -0.3 is 4.90 Å². The van der Waals surface area contributed by atoms with Crippen molar-refractivity contribution in [1.29, 1.82) is 0 Å². The molecule has 0 fully saturated rings. The number of hydrogen-bond donors (Lipinski definition) is 0. The normalized spacial score (nSPS) is 15.4. The number of hydrogen-bond acceptors (Lipinski definition) is 3. The maximum Gasteiger partial charge on any atom is 0.416 e. The highest BCUT2D eigenvalue weighted by Gasteiger charge is 2.34. The van der Waals surface area contributed by atoms with E-state index >= 15 is 0 Å². The molecule has 0 aliphatic carbocycles. The second-order valence-corrected chi connectivity index (χ2v) is 7.92. The van der Waals surface area contributed by atoms with Gasteiger partial charge in [0.1, 0.15) is 5.71 Å².